The molecule has 124 valence electrons. The second-order valence-corrected chi connectivity index (χ2v) is 5.58. The monoisotopic (exact) mass is 327 g/mol. The largest absolute Gasteiger partial charge is 0.444 e. The van der Waals surface area contributed by atoms with Crippen LogP contribution in [0.4, 0.5) is 18.0 Å². The van der Waals surface area contributed by atoms with Gasteiger partial charge in [0.2, 0.25) is 0 Å². The number of hydrogen-bond acceptors (Lipinski definition) is 3. The number of alkyl halides is 3. The van der Waals surface area contributed by atoms with Crippen LogP contribution >= 0.6 is 0 Å². The number of ether oxygens (including phenoxy) is 1. The van der Waals surface area contributed by atoms with E-state index in [1.807, 2.05) is 0 Å². The molecule has 0 fully saturated rings. The van der Waals surface area contributed by atoms with Crippen molar-refractivity contribution in [2.24, 2.45) is 0 Å². The molecule has 23 heavy (non-hydrogen) atoms. The predicted molar refractivity (Wildman–Crippen MR) is 77.9 cm³/mol. The van der Waals surface area contributed by atoms with Crippen molar-refractivity contribution in [1.29, 1.82) is 0 Å². The Kier molecular flexibility index (Phi) is 5.79. The fourth-order valence-corrected chi connectivity index (χ4v) is 1.55. The zero-order valence-corrected chi connectivity index (χ0v) is 12.9. The maximum Gasteiger partial charge on any atom is 0.417 e. The van der Waals surface area contributed by atoms with Crippen molar-refractivity contribution >= 4 is 12.4 Å². The number of nitrogens with one attached hydrogen (secondary N) is 1. The van der Waals surface area contributed by atoms with Gasteiger partial charge in [-0.25, -0.2) is 4.79 Å². The summed E-state index contributed by atoms with van der Waals surface area (Å²) in [6.07, 6.45) is -5.00. The topological polar surface area (TPSA) is 55.4 Å². The van der Waals surface area contributed by atoms with E-state index in [-0.39, 0.29) is 17.7 Å². The Hall–Kier alpha value is -2.49. The zero-order chi connectivity index (χ0) is 17.7. The van der Waals surface area contributed by atoms with Gasteiger partial charge in [-0.15, -0.1) is 0 Å². The molecule has 4 nitrogen and oxygen atoms in total. The molecule has 7 heteroatoms. The molecule has 0 aliphatic carbocycles. The van der Waals surface area contributed by atoms with E-state index in [0.717, 1.165) is 12.1 Å². The lowest BCUT2D eigenvalue weighted by Gasteiger charge is -2.19. The van der Waals surface area contributed by atoms with Crippen molar-refractivity contribution in [2.75, 3.05) is 6.54 Å². The molecular formula is C16H16F3NO3. The normalized spacial score (nSPS) is 11.2. The fourth-order valence-electron chi connectivity index (χ4n) is 1.55. The van der Waals surface area contributed by atoms with Gasteiger partial charge in [0.05, 0.1) is 12.1 Å². The molecule has 0 aliphatic heterocycles. The minimum Gasteiger partial charge on any atom is -0.444 e. The number of benzene rings is 1. The Morgan fingerprint density at radius 3 is 2.48 bits per heavy atom. The van der Waals surface area contributed by atoms with Crippen molar-refractivity contribution in [3.05, 3.63) is 34.9 Å². The van der Waals surface area contributed by atoms with Gasteiger partial charge in [-0.3, -0.25) is 4.79 Å². The highest BCUT2D eigenvalue weighted by Gasteiger charge is 2.33. The van der Waals surface area contributed by atoms with Crippen molar-refractivity contribution in [1.82, 2.24) is 5.32 Å². The summed E-state index contributed by atoms with van der Waals surface area (Å²) in [7, 11) is 0. The molecule has 0 saturated carbocycles. The minimum absolute atomic E-state index is 0.0882. The summed E-state index contributed by atoms with van der Waals surface area (Å²) in [5.41, 5.74) is -2.03. The second kappa shape index (κ2) is 7.18. The van der Waals surface area contributed by atoms with Gasteiger partial charge < -0.3 is 10.1 Å². The van der Waals surface area contributed by atoms with Crippen LogP contribution in [0, 0.1) is 11.8 Å². The lowest BCUT2D eigenvalue weighted by molar-refractivity contribution is -0.137. The van der Waals surface area contributed by atoms with E-state index < -0.39 is 23.4 Å². The van der Waals surface area contributed by atoms with Gasteiger partial charge in [-0.2, -0.15) is 13.2 Å². The number of aldehydes is 1. The fraction of sp³-hybridized carbons (Fsp3) is 0.375. The molecule has 1 aromatic carbocycles. The van der Waals surface area contributed by atoms with E-state index in [2.05, 4.69) is 17.2 Å². The van der Waals surface area contributed by atoms with E-state index in [4.69, 9.17) is 4.74 Å². The molecule has 1 N–H and O–H groups in total. The van der Waals surface area contributed by atoms with Crippen LogP contribution in [0.3, 0.4) is 0 Å². The molecule has 1 rings (SSSR count). The number of alkyl carbamates (subject to hydrolysis) is 1. The number of rotatable bonds is 2. The first-order valence-corrected chi connectivity index (χ1v) is 6.65. The van der Waals surface area contributed by atoms with E-state index in [1.54, 1.807) is 20.8 Å². The Morgan fingerprint density at radius 2 is 1.96 bits per heavy atom. The number of carbonyl (C=O) groups excluding carboxylic acids is 2. The van der Waals surface area contributed by atoms with Crippen molar-refractivity contribution < 1.29 is 27.5 Å². The van der Waals surface area contributed by atoms with Crippen LogP contribution in [-0.2, 0) is 10.9 Å². The first-order chi connectivity index (χ1) is 10.5. The van der Waals surface area contributed by atoms with E-state index in [1.165, 1.54) is 6.07 Å². The summed E-state index contributed by atoms with van der Waals surface area (Å²) >= 11 is 0. The molecule has 0 spiro atoms. The van der Waals surface area contributed by atoms with Gasteiger partial charge in [0.15, 0.2) is 0 Å². The first-order valence-electron chi connectivity index (χ1n) is 6.65. The Balaban J connectivity index is 2.83. The molecule has 0 bridgehead atoms. The highest BCUT2D eigenvalue weighted by molar-refractivity contribution is 5.76. The van der Waals surface area contributed by atoms with Crippen LogP contribution < -0.4 is 5.32 Å². The molecule has 0 aliphatic rings. The van der Waals surface area contributed by atoms with Crippen LogP contribution in [-0.4, -0.2) is 24.5 Å². The Bertz CT molecular complexity index is 649. The first kappa shape index (κ1) is 18.6. The maximum absolute atomic E-state index is 12.9. The highest BCUT2D eigenvalue weighted by Crippen LogP contribution is 2.32. The Morgan fingerprint density at radius 1 is 1.30 bits per heavy atom. The maximum atomic E-state index is 12.9. The molecule has 0 atom stereocenters. The molecule has 0 unspecified atom stereocenters. The molecule has 1 amide bonds. The Labute approximate surface area is 132 Å². The van der Waals surface area contributed by atoms with Gasteiger partial charge in [0.25, 0.3) is 0 Å². The molecule has 0 aromatic heterocycles. The summed E-state index contributed by atoms with van der Waals surface area (Å²) in [5, 5.41) is 2.32. The number of hydrogen-bond donors (Lipinski definition) is 1. The van der Waals surface area contributed by atoms with Crippen LogP contribution in [0.2, 0.25) is 0 Å². The molecule has 1 aromatic rings. The molecule has 0 saturated heterocycles. The third-order valence-corrected chi connectivity index (χ3v) is 2.43. The van der Waals surface area contributed by atoms with Crippen LogP contribution in [0.1, 0.15) is 42.3 Å². The van der Waals surface area contributed by atoms with E-state index >= 15 is 0 Å². The molecular weight excluding hydrogens is 311 g/mol. The van der Waals surface area contributed by atoms with Crippen molar-refractivity contribution in [3.8, 4) is 11.8 Å². The summed E-state index contributed by atoms with van der Waals surface area (Å²) in [6.45, 7) is 4.88. The summed E-state index contributed by atoms with van der Waals surface area (Å²) in [5.74, 6) is 4.75. The highest BCUT2D eigenvalue weighted by atomic mass is 19.4. The van der Waals surface area contributed by atoms with Crippen LogP contribution in [0.5, 0.6) is 0 Å². The van der Waals surface area contributed by atoms with E-state index in [9.17, 15) is 22.8 Å². The average Bonchev–Trinajstić information content (AvgIpc) is 2.40. The van der Waals surface area contributed by atoms with Crippen LogP contribution in [0.15, 0.2) is 18.2 Å². The summed E-state index contributed by atoms with van der Waals surface area (Å²) in [6, 6.07) is 3.10. The lowest BCUT2D eigenvalue weighted by Crippen LogP contribution is -2.32. The number of amides is 1. The summed E-state index contributed by atoms with van der Waals surface area (Å²) < 4.78 is 43.7. The standard InChI is InChI=1S/C16H16F3NO3/c1-15(2,3)23-14(22)20-8-4-5-12-7-6-11(10-21)9-13(12)16(17,18)19/h6-7,9-10H,8H2,1-3H3,(H,20,22). The third kappa shape index (κ3) is 6.43. The lowest BCUT2D eigenvalue weighted by atomic mass is 10.0. The minimum atomic E-state index is -4.62. The molecule has 0 heterocycles. The van der Waals surface area contributed by atoms with Crippen LogP contribution in [0.25, 0.3) is 0 Å². The quantitative estimate of drug-likeness (QED) is 0.669. The zero-order valence-electron chi connectivity index (χ0n) is 12.9. The van der Waals surface area contributed by atoms with Crippen molar-refractivity contribution in [3.63, 3.8) is 0 Å². The van der Waals surface area contributed by atoms with Crippen molar-refractivity contribution in [2.45, 2.75) is 32.5 Å². The van der Waals surface area contributed by atoms with Gasteiger partial charge in [-0.1, -0.05) is 17.9 Å². The second-order valence-electron chi connectivity index (χ2n) is 5.58. The van der Waals surface area contributed by atoms with Gasteiger partial charge in [0.1, 0.15) is 11.9 Å². The SMILES string of the molecule is CC(C)(C)OC(=O)NCC#Cc1ccc(C=O)cc1C(F)(F)F. The third-order valence-electron chi connectivity index (χ3n) is 2.43. The number of carbonyl (C=O) groups is 2. The predicted octanol–water partition coefficient (Wildman–Crippen LogP) is 3.39. The van der Waals surface area contributed by atoms with Gasteiger partial charge in [0, 0.05) is 11.1 Å². The molecule has 0 radical (unpaired) electrons. The smallest absolute Gasteiger partial charge is 0.417 e. The van der Waals surface area contributed by atoms with Gasteiger partial charge in [-0.05, 0) is 32.9 Å². The summed E-state index contributed by atoms with van der Waals surface area (Å²) in [4.78, 5) is 21.9. The van der Waals surface area contributed by atoms with Gasteiger partial charge >= 0.3 is 12.3 Å². The number of halogens is 3. The average molecular weight is 327 g/mol. The van der Waals surface area contributed by atoms with E-state index in [0.29, 0.717) is 6.29 Å².